The summed E-state index contributed by atoms with van der Waals surface area (Å²) < 4.78 is 40.3. The van der Waals surface area contributed by atoms with Crippen molar-refractivity contribution in [1.29, 1.82) is 0 Å². The van der Waals surface area contributed by atoms with Crippen molar-refractivity contribution in [2.75, 3.05) is 0 Å². The number of halogens is 3. The van der Waals surface area contributed by atoms with Gasteiger partial charge in [-0.25, -0.2) is 0 Å². The van der Waals surface area contributed by atoms with Crippen molar-refractivity contribution in [3.63, 3.8) is 0 Å². The number of nitrogens with one attached hydrogen (secondary N) is 1. The summed E-state index contributed by atoms with van der Waals surface area (Å²) in [4.78, 5) is 3.16. The van der Waals surface area contributed by atoms with Crippen LogP contribution in [0.2, 0.25) is 0 Å². The lowest BCUT2D eigenvalue weighted by Crippen LogP contribution is -2.05. The molecule has 0 amide bonds. The van der Waals surface area contributed by atoms with Crippen LogP contribution in [-0.4, -0.2) is 10.1 Å². The van der Waals surface area contributed by atoms with E-state index in [1.807, 2.05) is 19.1 Å². The SMILES string of the molecule is Cc1ccccc1-c1cc(C(F)(F)F)cc2c1[nH]c1cccc(O)c12. The number of rotatable bonds is 1. The molecule has 25 heavy (non-hydrogen) atoms. The molecule has 0 aliphatic rings. The Hall–Kier alpha value is -2.95. The fourth-order valence-corrected chi connectivity index (χ4v) is 3.29. The molecular formula is C20H14F3NO. The van der Waals surface area contributed by atoms with Crippen LogP contribution < -0.4 is 0 Å². The summed E-state index contributed by atoms with van der Waals surface area (Å²) in [5.41, 5.74) is 2.53. The number of hydrogen-bond acceptors (Lipinski definition) is 1. The number of benzene rings is 3. The first kappa shape index (κ1) is 15.6. The Bertz CT molecular complexity index is 1110. The van der Waals surface area contributed by atoms with Crippen LogP contribution in [0.3, 0.4) is 0 Å². The van der Waals surface area contributed by atoms with Gasteiger partial charge in [0, 0.05) is 16.3 Å². The van der Waals surface area contributed by atoms with E-state index in [1.165, 1.54) is 6.07 Å². The summed E-state index contributed by atoms with van der Waals surface area (Å²) in [6.45, 7) is 1.86. The van der Waals surface area contributed by atoms with Crippen molar-refractivity contribution in [3.05, 3.63) is 65.7 Å². The molecule has 0 aliphatic heterocycles. The Balaban J connectivity index is 2.19. The highest BCUT2D eigenvalue weighted by atomic mass is 19.4. The molecule has 1 aromatic heterocycles. The van der Waals surface area contributed by atoms with Gasteiger partial charge < -0.3 is 10.1 Å². The number of aromatic hydroxyl groups is 1. The second-order valence-corrected chi connectivity index (χ2v) is 6.08. The molecule has 126 valence electrons. The van der Waals surface area contributed by atoms with Crippen LogP contribution >= 0.6 is 0 Å². The van der Waals surface area contributed by atoms with Gasteiger partial charge in [-0.2, -0.15) is 13.2 Å². The maximum atomic E-state index is 13.4. The number of H-pyrrole nitrogens is 1. The van der Waals surface area contributed by atoms with Gasteiger partial charge in [-0.05, 0) is 42.3 Å². The Morgan fingerprint density at radius 1 is 0.920 bits per heavy atom. The number of aromatic amines is 1. The Kier molecular flexibility index (Phi) is 3.29. The molecule has 0 bridgehead atoms. The summed E-state index contributed by atoms with van der Waals surface area (Å²) >= 11 is 0. The fraction of sp³-hybridized carbons (Fsp3) is 0.100. The van der Waals surface area contributed by atoms with E-state index in [4.69, 9.17) is 0 Å². The van der Waals surface area contributed by atoms with Crippen molar-refractivity contribution in [2.24, 2.45) is 0 Å². The molecule has 0 saturated heterocycles. The average Bonchev–Trinajstić information content (AvgIpc) is 2.93. The smallest absolute Gasteiger partial charge is 0.416 e. The summed E-state index contributed by atoms with van der Waals surface area (Å²) in [5.74, 6) is -0.0428. The minimum Gasteiger partial charge on any atom is -0.507 e. The maximum Gasteiger partial charge on any atom is 0.416 e. The van der Waals surface area contributed by atoms with E-state index in [9.17, 15) is 18.3 Å². The van der Waals surface area contributed by atoms with Gasteiger partial charge in [0.05, 0.1) is 16.6 Å². The molecule has 0 atom stereocenters. The number of phenols is 1. The molecule has 3 aromatic carbocycles. The first-order valence-corrected chi connectivity index (χ1v) is 7.77. The van der Waals surface area contributed by atoms with Gasteiger partial charge in [-0.3, -0.25) is 0 Å². The quantitative estimate of drug-likeness (QED) is 0.436. The highest BCUT2D eigenvalue weighted by Gasteiger charge is 2.32. The molecular weight excluding hydrogens is 327 g/mol. The number of aromatic nitrogens is 1. The molecule has 5 heteroatoms. The first-order chi connectivity index (χ1) is 11.9. The molecule has 0 aliphatic carbocycles. The number of alkyl halides is 3. The monoisotopic (exact) mass is 341 g/mol. The lowest BCUT2D eigenvalue weighted by molar-refractivity contribution is -0.137. The number of phenolic OH excluding ortho intramolecular Hbond substituents is 1. The Morgan fingerprint density at radius 2 is 1.68 bits per heavy atom. The number of aryl methyl sites for hydroxylation is 1. The molecule has 1 heterocycles. The van der Waals surface area contributed by atoms with E-state index in [-0.39, 0.29) is 5.75 Å². The van der Waals surface area contributed by atoms with E-state index in [0.717, 1.165) is 23.3 Å². The zero-order chi connectivity index (χ0) is 17.8. The van der Waals surface area contributed by atoms with Crippen molar-refractivity contribution in [1.82, 2.24) is 4.98 Å². The standard InChI is InChI=1S/C20H14F3NO/c1-11-5-2-3-6-13(11)14-9-12(20(21,22)23)10-15-18-16(24-19(14)15)7-4-8-17(18)25/h2-10,24-25H,1H3. The molecule has 4 aromatic rings. The van der Waals surface area contributed by atoms with Crippen molar-refractivity contribution < 1.29 is 18.3 Å². The lowest BCUT2D eigenvalue weighted by Gasteiger charge is -2.12. The molecule has 2 nitrogen and oxygen atoms in total. The molecule has 2 N–H and O–H groups in total. The Labute approximate surface area is 141 Å². The highest BCUT2D eigenvalue weighted by molar-refractivity contribution is 6.14. The van der Waals surface area contributed by atoms with Crippen LogP contribution in [0.15, 0.2) is 54.6 Å². The van der Waals surface area contributed by atoms with E-state index in [1.54, 1.807) is 24.3 Å². The van der Waals surface area contributed by atoms with Crippen molar-refractivity contribution in [3.8, 4) is 16.9 Å². The van der Waals surface area contributed by atoms with Crippen molar-refractivity contribution >= 4 is 21.8 Å². The summed E-state index contributed by atoms with van der Waals surface area (Å²) in [6, 6.07) is 14.4. The second-order valence-electron chi connectivity index (χ2n) is 6.08. The summed E-state index contributed by atoms with van der Waals surface area (Å²) in [7, 11) is 0. The van der Waals surface area contributed by atoms with E-state index < -0.39 is 11.7 Å². The average molecular weight is 341 g/mol. The number of hydrogen-bond donors (Lipinski definition) is 2. The van der Waals surface area contributed by atoms with Gasteiger partial charge in [0.1, 0.15) is 5.75 Å². The van der Waals surface area contributed by atoms with Crippen LogP contribution in [-0.2, 0) is 6.18 Å². The summed E-state index contributed by atoms with van der Waals surface area (Å²) in [5, 5.41) is 10.9. The van der Waals surface area contributed by atoms with E-state index in [0.29, 0.717) is 27.4 Å². The van der Waals surface area contributed by atoms with Gasteiger partial charge in [0.15, 0.2) is 0 Å². The molecule has 4 rings (SSSR count). The van der Waals surface area contributed by atoms with Crippen LogP contribution in [0.25, 0.3) is 32.9 Å². The van der Waals surface area contributed by atoms with Crippen LogP contribution in [0, 0.1) is 6.92 Å². The van der Waals surface area contributed by atoms with Gasteiger partial charge >= 0.3 is 6.18 Å². The Morgan fingerprint density at radius 3 is 2.40 bits per heavy atom. The zero-order valence-electron chi connectivity index (χ0n) is 13.3. The van der Waals surface area contributed by atoms with E-state index in [2.05, 4.69) is 4.98 Å². The molecule has 0 unspecified atom stereocenters. The number of fused-ring (bicyclic) bond motifs is 3. The maximum absolute atomic E-state index is 13.4. The molecule has 0 saturated carbocycles. The van der Waals surface area contributed by atoms with Crippen LogP contribution in [0.1, 0.15) is 11.1 Å². The third kappa shape index (κ3) is 2.43. The minimum absolute atomic E-state index is 0.0428. The first-order valence-electron chi connectivity index (χ1n) is 7.77. The predicted molar refractivity (Wildman–Crippen MR) is 92.6 cm³/mol. The third-order valence-corrected chi connectivity index (χ3v) is 4.47. The predicted octanol–water partition coefficient (Wildman–Crippen LogP) is 6.02. The molecule has 0 spiro atoms. The highest BCUT2D eigenvalue weighted by Crippen LogP contribution is 2.42. The van der Waals surface area contributed by atoms with Gasteiger partial charge in [0.2, 0.25) is 0 Å². The van der Waals surface area contributed by atoms with Crippen LogP contribution in [0.5, 0.6) is 5.75 Å². The topological polar surface area (TPSA) is 36.0 Å². The fourth-order valence-electron chi connectivity index (χ4n) is 3.29. The third-order valence-electron chi connectivity index (χ3n) is 4.47. The van der Waals surface area contributed by atoms with Gasteiger partial charge in [-0.1, -0.05) is 30.3 Å². The van der Waals surface area contributed by atoms with Gasteiger partial charge in [-0.15, -0.1) is 0 Å². The lowest BCUT2D eigenvalue weighted by atomic mass is 9.95. The van der Waals surface area contributed by atoms with Gasteiger partial charge in [0.25, 0.3) is 0 Å². The van der Waals surface area contributed by atoms with Crippen molar-refractivity contribution in [2.45, 2.75) is 13.1 Å². The van der Waals surface area contributed by atoms with Crippen LogP contribution in [0.4, 0.5) is 13.2 Å². The second kappa shape index (κ2) is 5.28. The largest absolute Gasteiger partial charge is 0.507 e. The summed E-state index contributed by atoms with van der Waals surface area (Å²) in [6.07, 6.45) is -4.47. The zero-order valence-corrected chi connectivity index (χ0v) is 13.3. The minimum atomic E-state index is -4.47. The van der Waals surface area contributed by atoms with E-state index >= 15 is 0 Å². The molecule has 0 fully saturated rings. The molecule has 0 radical (unpaired) electrons. The normalized spacial score (nSPS) is 12.2.